The molecule has 166 valence electrons. The highest BCUT2D eigenvalue weighted by atomic mass is 79.9. The molecule has 1 saturated heterocycles. The maximum absolute atomic E-state index is 11.4. The summed E-state index contributed by atoms with van der Waals surface area (Å²) < 4.78 is 11.7. The summed E-state index contributed by atoms with van der Waals surface area (Å²) in [7, 11) is 0. The average Bonchev–Trinajstić information content (AvgIpc) is 3.29. The molecule has 9 nitrogen and oxygen atoms in total. The first-order valence-electron chi connectivity index (χ1n) is 9.91. The van der Waals surface area contributed by atoms with E-state index in [4.69, 9.17) is 14.4 Å². The lowest BCUT2D eigenvalue weighted by atomic mass is 9.72. The van der Waals surface area contributed by atoms with Gasteiger partial charge < -0.3 is 24.4 Å². The molecule has 4 rings (SSSR count). The van der Waals surface area contributed by atoms with Crippen LogP contribution in [0, 0.1) is 0 Å². The molecule has 0 radical (unpaired) electrons. The first-order valence-corrected chi connectivity index (χ1v) is 10.7. The number of carbonyl (C=O) groups is 2. The van der Waals surface area contributed by atoms with E-state index in [1.165, 1.54) is 4.90 Å². The molecule has 0 bridgehead atoms. The Kier molecular flexibility index (Phi) is 6.13. The SMILES string of the molecule is O=C(O)COc1ccc(Br)cc1-c1nc(C2(c3ccccc3)CCN(C(=O)O)CC2)no1. The monoisotopic (exact) mass is 501 g/mol. The molecule has 3 aromatic rings. The van der Waals surface area contributed by atoms with Crippen molar-refractivity contribution in [2.45, 2.75) is 18.3 Å². The summed E-state index contributed by atoms with van der Waals surface area (Å²) in [6, 6.07) is 14.8. The fourth-order valence-corrected chi connectivity index (χ4v) is 4.30. The third-order valence-electron chi connectivity index (χ3n) is 5.59. The van der Waals surface area contributed by atoms with Crippen LogP contribution in [0.5, 0.6) is 5.75 Å². The summed E-state index contributed by atoms with van der Waals surface area (Å²) >= 11 is 3.40. The Balaban J connectivity index is 1.73. The number of likely N-dealkylation sites (tertiary alicyclic amines) is 1. The van der Waals surface area contributed by atoms with E-state index in [9.17, 15) is 14.7 Å². The highest BCUT2D eigenvalue weighted by Crippen LogP contribution is 2.42. The van der Waals surface area contributed by atoms with Gasteiger partial charge in [-0.2, -0.15) is 4.98 Å². The molecule has 1 amide bonds. The number of aromatic nitrogens is 2. The van der Waals surface area contributed by atoms with Crippen molar-refractivity contribution in [3.63, 3.8) is 0 Å². The Labute approximate surface area is 191 Å². The van der Waals surface area contributed by atoms with Gasteiger partial charge in [0.25, 0.3) is 5.89 Å². The minimum atomic E-state index is -1.10. The zero-order chi connectivity index (χ0) is 22.7. The van der Waals surface area contributed by atoms with E-state index in [0.29, 0.717) is 43.1 Å². The number of amides is 1. The van der Waals surface area contributed by atoms with Gasteiger partial charge in [-0.15, -0.1) is 0 Å². The van der Waals surface area contributed by atoms with Crippen LogP contribution in [0.1, 0.15) is 24.2 Å². The molecule has 0 unspecified atom stereocenters. The quantitative estimate of drug-likeness (QED) is 0.518. The number of piperidine rings is 1. The van der Waals surface area contributed by atoms with Crippen LogP contribution in [0.2, 0.25) is 0 Å². The van der Waals surface area contributed by atoms with Crippen LogP contribution in [0.15, 0.2) is 57.5 Å². The van der Waals surface area contributed by atoms with E-state index < -0.39 is 24.1 Å². The summed E-state index contributed by atoms with van der Waals surface area (Å²) in [5.41, 5.74) is 0.836. The predicted octanol–water partition coefficient (Wildman–Crippen LogP) is 4.02. The van der Waals surface area contributed by atoms with E-state index in [1.54, 1.807) is 18.2 Å². The lowest BCUT2D eigenvalue weighted by Gasteiger charge is -2.39. The van der Waals surface area contributed by atoms with E-state index in [0.717, 1.165) is 10.0 Å². The molecule has 0 spiro atoms. The maximum atomic E-state index is 11.4. The highest BCUT2D eigenvalue weighted by molar-refractivity contribution is 9.10. The number of hydrogen-bond donors (Lipinski definition) is 2. The summed E-state index contributed by atoms with van der Waals surface area (Å²) in [4.78, 5) is 28.4. The van der Waals surface area contributed by atoms with E-state index >= 15 is 0 Å². The lowest BCUT2D eigenvalue weighted by molar-refractivity contribution is -0.139. The maximum Gasteiger partial charge on any atom is 0.407 e. The number of halogens is 1. The van der Waals surface area contributed by atoms with Gasteiger partial charge in [-0.1, -0.05) is 51.4 Å². The van der Waals surface area contributed by atoms with Crippen LogP contribution in [0.4, 0.5) is 4.79 Å². The summed E-state index contributed by atoms with van der Waals surface area (Å²) in [5, 5.41) is 22.6. The second-order valence-electron chi connectivity index (χ2n) is 7.46. The topological polar surface area (TPSA) is 126 Å². The van der Waals surface area contributed by atoms with E-state index in [-0.39, 0.29) is 5.89 Å². The molecule has 0 aliphatic carbocycles. The molecular weight excluding hydrogens is 482 g/mol. The van der Waals surface area contributed by atoms with Gasteiger partial charge >= 0.3 is 12.1 Å². The number of carboxylic acid groups (broad SMARTS) is 2. The standard InChI is InChI=1S/C22H20BrN3O6/c23-15-6-7-17(31-13-18(27)28)16(12-15)19-24-20(25-32-19)22(14-4-2-1-3-5-14)8-10-26(11-9-22)21(29)30/h1-7,12H,8-11,13H2,(H,27,28)(H,29,30). The van der Waals surface area contributed by atoms with Crippen molar-refractivity contribution in [3.8, 4) is 17.2 Å². The molecule has 0 saturated carbocycles. The van der Waals surface area contributed by atoms with Crippen LogP contribution in [-0.4, -0.2) is 57.0 Å². The molecular formula is C22H20BrN3O6. The Bertz CT molecular complexity index is 1130. The fourth-order valence-electron chi connectivity index (χ4n) is 3.94. The van der Waals surface area contributed by atoms with Crippen LogP contribution >= 0.6 is 15.9 Å². The van der Waals surface area contributed by atoms with Gasteiger partial charge in [0.05, 0.1) is 11.0 Å². The van der Waals surface area contributed by atoms with Crippen molar-refractivity contribution < 1.29 is 29.1 Å². The second kappa shape index (κ2) is 8.99. The van der Waals surface area contributed by atoms with Gasteiger partial charge in [0.15, 0.2) is 12.4 Å². The van der Waals surface area contributed by atoms with Gasteiger partial charge in [-0.25, -0.2) is 9.59 Å². The van der Waals surface area contributed by atoms with Crippen LogP contribution in [0.3, 0.4) is 0 Å². The molecule has 1 fully saturated rings. The fraction of sp³-hybridized carbons (Fsp3) is 0.273. The Hall–Kier alpha value is -3.40. The first kappa shape index (κ1) is 21.8. The van der Waals surface area contributed by atoms with Gasteiger partial charge in [0, 0.05) is 17.6 Å². The summed E-state index contributed by atoms with van der Waals surface area (Å²) in [5.74, 6) is -0.149. The molecule has 0 atom stereocenters. The molecule has 2 aromatic carbocycles. The molecule has 2 N–H and O–H groups in total. The number of aliphatic carboxylic acids is 1. The third-order valence-corrected chi connectivity index (χ3v) is 6.08. The Morgan fingerprint density at radius 1 is 1.12 bits per heavy atom. The predicted molar refractivity (Wildman–Crippen MR) is 117 cm³/mol. The smallest absolute Gasteiger partial charge is 0.407 e. The molecule has 1 aliphatic heterocycles. The van der Waals surface area contributed by atoms with Gasteiger partial charge in [0.2, 0.25) is 0 Å². The number of ether oxygens (including phenoxy) is 1. The minimum Gasteiger partial charge on any atom is -0.481 e. The van der Waals surface area contributed by atoms with Crippen LogP contribution in [0.25, 0.3) is 11.5 Å². The average molecular weight is 502 g/mol. The van der Waals surface area contributed by atoms with Crippen molar-refractivity contribution >= 4 is 28.0 Å². The van der Waals surface area contributed by atoms with Crippen molar-refractivity contribution in [1.82, 2.24) is 15.0 Å². The number of nitrogens with zero attached hydrogens (tertiary/aromatic N) is 3. The van der Waals surface area contributed by atoms with E-state index in [1.807, 2.05) is 30.3 Å². The number of carboxylic acids is 1. The second-order valence-corrected chi connectivity index (χ2v) is 8.38. The Morgan fingerprint density at radius 2 is 1.84 bits per heavy atom. The summed E-state index contributed by atoms with van der Waals surface area (Å²) in [6.45, 7) is 0.185. The Morgan fingerprint density at radius 3 is 2.50 bits per heavy atom. The first-order chi connectivity index (χ1) is 15.4. The molecule has 2 heterocycles. The minimum absolute atomic E-state index is 0.192. The highest BCUT2D eigenvalue weighted by Gasteiger charge is 2.43. The van der Waals surface area contributed by atoms with Crippen molar-refractivity contribution in [2.75, 3.05) is 19.7 Å². The molecule has 32 heavy (non-hydrogen) atoms. The van der Waals surface area contributed by atoms with Crippen molar-refractivity contribution in [2.24, 2.45) is 0 Å². The van der Waals surface area contributed by atoms with Crippen LogP contribution < -0.4 is 4.74 Å². The molecule has 10 heteroatoms. The summed E-state index contributed by atoms with van der Waals surface area (Å²) in [6.07, 6.45) is 0.0570. The van der Waals surface area contributed by atoms with Gasteiger partial charge in [-0.05, 0) is 36.6 Å². The van der Waals surface area contributed by atoms with Crippen molar-refractivity contribution in [3.05, 3.63) is 64.4 Å². The van der Waals surface area contributed by atoms with Gasteiger partial charge in [-0.3, -0.25) is 0 Å². The van der Waals surface area contributed by atoms with Crippen molar-refractivity contribution in [1.29, 1.82) is 0 Å². The molecule has 1 aliphatic rings. The van der Waals surface area contributed by atoms with E-state index in [2.05, 4.69) is 26.1 Å². The zero-order valence-corrected chi connectivity index (χ0v) is 18.5. The number of hydrogen-bond acceptors (Lipinski definition) is 6. The largest absolute Gasteiger partial charge is 0.481 e. The third kappa shape index (κ3) is 4.31. The number of benzene rings is 2. The number of rotatable bonds is 6. The lowest BCUT2D eigenvalue weighted by Crippen LogP contribution is -2.45. The molecule has 1 aromatic heterocycles. The van der Waals surface area contributed by atoms with Gasteiger partial charge in [0.1, 0.15) is 5.75 Å². The normalized spacial score (nSPS) is 15.3. The zero-order valence-electron chi connectivity index (χ0n) is 16.9. The van der Waals surface area contributed by atoms with Crippen LogP contribution in [-0.2, 0) is 10.2 Å².